The topological polar surface area (TPSA) is 72.9 Å². The Labute approximate surface area is 106 Å². The molecule has 0 saturated heterocycles. The zero-order valence-corrected chi connectivity index (χ0v) is 11.0. The van der Waals surface area contributed by atoms with Crippen molar-refractivity contribution in [1.29, 1.82) is 0 Å². The molecule has 0 bridgehead atoms. The van der Waals surface area contributed by atoms with Crippen LogP contribution in [0.2, 0.25) is 0 Å². The molecule has 0 aliphatic heterocycles. The van der Waals surface area contributed by atoms with Crippen LogP contribution in [0.3, 0.4) is 0 Å². The second-order valence-electron chi connectivity index (χ2n) is 3.71. The van der Waals surface area contributed by atoms with E-state index in [0.717, 1.165) is 15.9 Å². The molecule has 0 fully saturated rings. The zero-order valence-electron chi connectivity index (χ0n) is 9.38. The van der Waals surface area contributed by atoms with E-state index in [1.54, 1.807) is 9.25 Å². The maximum Gasteiger partial charge on any atom is 0.356 e. The minimum Gasteiger partial charge on any atom is -0.476 e. The van der Waals surface area contributed by atoms with Crippen molar-refractivity contribution in [1.82, 2.24) is 19.3 Å². The summed E-state index contributed by atoms with van der Waals surface area (Å²) in [5.74, 6) is -1.02. The van der Waals surface area contributed by atoms with E-state index in [1.807, 2.05) is 14.0 Å². The predicted octanol–water partition coefficient (Wildman–Crippen LogP) is 1.43. The number of aryl methyl sites for hydroxylation is 2. The molecule has 2 rings (SSSR count). The van der Waals surface area contributed by atoms with E-state index in [4.69, 9.17) is 5.11 Å². The summed E-state index contributed by atoms with van der Waals surface area (Å²) in [6.45, 7) is 2.43. The second kappa shape index (κ2) is 4.33. The largest absolute Gasteiger partial charge is 0.476 e. The van der Waals surface area contributed by atoms with Gasteiger partial charge in [0.25, 0.3) is 0 Å². The van der Waals surface area contributed by atoms with Gasteiger partial charge < -0.3 is 9.67 Å². The molecule has 0 atom stereocenters. The van der Waals surface area contributed by atoms with Gasteiger partial charge >= 0.3 is 5.97 Å². The zero-order chi connectivity index (χ0) is 12.6. The van der Waals surface area contributed by atoms with Crippen molar-refractivity contribution in [2.45, 2.75) is 13.5 Å². The van der Waals surface area contributed by atoms with Crippen molar-refractivity contribution >= 4 is 21.9 Å². The van der Waals surface area contributed by atoms with Gasteiger partial charge in [-0.2, -0.15) is 5.10 Å². The van der Waals surface area contributed by atoms with Crippen LogP contribution in [0.15, 0.2) is 17.0 Å². The van der Waals surface area contributed by atoms with Gasteiger partial charge in [0, 0.05) is 13.2 Å². The number of imidazole rings is 1. The first-order valence-corrected chi connectivity index (χ1v) is 5.71. The van der Waals surface area contributed by atoms with Crippen LogP contribution in [0.4, 0.5) is 0 Å². The van der Waals surface area contributed by atoms with Gasteiger partial charge in [-0.05, 0) is 22.9 Å². The molecular weight excluding hydrogens is 288 g/mol. The van der Waals surface area contributed by atoms with Crippen LogP contribution in [0.5, 0.6) is 0 Å². The smallest absolute Gasteiger partial charge is 0.356 e. The van der Waals surface area contributed by atoms with Gasteiger partial charge in [0.05, 0.1) is 28.7 Å². The molecule has 1 N–H and O–H groups in total. The lowest BCUT2D eigenvalue weighted by Gasteiger charge is -2.03. The van der Waals surface area contributed by atoms with Crippen molar-refractivity contribution in [3.05, 3.63) is 34.1 Å². The van der Waals surface area contributed by atoms with Crippen LogP contribution in [-0.4, -0.2) is 30.4 Å². The van der Waals surface area contributed by atoms with Gasteiger partial charge in [0.2, 0.25) is 0 Å². The monoisotopic (exact) mass is 298 g/mol. The Balaban J connectivity index is 2.28. The van der Waals surface area contributed by atoms with E-state index >= 15 is 0 Å². The van der Waals surface area contributed by atoms with Crippen molar-refractivity contribution in [3.8, 4) is 0 Å². The Bertz CT molecular complexity index is 573. The highest BCUT2D eigenvalue weighted by molar-refractivity contribution is 9.10. The highest BCUT2D eigenvalue weighted by atomic mass is 79.9. The summed E-state index contributed by atoms with van der Waals surface area (Å²) in [6.07, 6.45) is 3.00. The van der Waals surface area contributed by atoms with Crippen molar-refractivity contribution in [2.24, 2.45) is 7.05 Å². The summed E-state index contributed by atoms with van der Waals surface area (Å²) in [6, 6.07) is 0. The minimum absolute atomic E-state index is 0.0417. The van der Waals surface area contributed by atoms with Crippen molar-refractivity contribution < 1.29 is 9.90 Å². The first-order valence-electron chi connectivity index (χ1n) is 4.92. The summed E-state index contributed by atoms with van der Waals surface area (Å²) in [7, 11) is 1.85. The molecule has 0 saturated carbocycles. The van der Waals surface area contributed by atoms with Crippen LogP contribution >= 0.6 is 15.9 Å². The van der Waals surface area contributed by atoms with Crippen LogP contribution in [0.1, 0.15) is 21.9 Å². The number of carboxylic acids is 1. The Morgan fingerprint density at radius 1 is 1.59 bits per heavy atom. The molecule has 17 heavy (non-hydrogen) atoms. The molecular formula is C10H11BrN4O2. The fraction of sp³-hybridized carbons (Fsp3) is 0.300. The third-order valence-corrected chi connectivity index (χ3v) is 3.48. The summed E-state index contributed by atoms with van der Waals surface area (Å²) in [5, 5.41) is 13.0. The van der Waals surface area contributed by atoms with Gasteiger partial charge in [-0.15, -0.1) is 0 Å². The average Bonchev–Trinajstić information content (AvgIpc) is 2.80. The van der Waals surface area contributed by atoms with Crippen molar-refractivity contribution in [2.75, 3.05) is 0 Å². The van der Waals surface area contributed by atoms with E-state index < -0.39 is 5.97 Å². The summed E-state index contributed by atoms with van der Waals surface area (Å²) >= 11 is 3.46. The standard InChI is InChI=1S/C10H11BrN4O2/c1-6-9(11)8(14(2)13-6)4-15-3-7(10(16)17)12-5-15/h3,5H,4H2,1-2H3,(H,16,17). The fourth-order valence-electron chi connectivity index (χ4n) is 1.58. The molecule has 0 amide bonds. The number of rotatable bonds is 3. The molecule has 0 unspecified atom stereocenters. The first-order chi connectivity index (χ1) is 7.99. The number of carboxylic acid groups (broad SMARTS) is 1. The molecule has 2 aromatic rings. The molecule has 2 aromatic heterocycles. The molecule has 0 aliphatic carbocycles. The molecule has 0 radical (unpaired) electrons. The minimum atomic E-state index is -1.02. The molecule has 0 aliphatic rings. The van der Waals surface area contributed by atoms with Crippen LogP contribution < -0.4 is 0 Å². The summed E-state index contributed by atoms with van der Waals surface area (Å²) in [5.41, 5.74) is 1.91. The SMILES string of the molecule is Cc1nn(C)c(Cn2cnc(C(=O)O)c2)c1Br. The van der Waals surface area contributed by atoms with E-state index in [1.165, 1.54) is 12.5 Å². The summed E-state index contributed by atoms with van der Waals surface area (Å²) in [4.78, 5) is 14.5. The van der Waals surface area contributed by atoms with Gasteiger partial charge in [-0.25, -0.2) is 9.78 Å². The number of hydrogen-bond acceptors (Lipinski definition) is 3. The normalized spacial score (nSPS) is 10.8. The lowest BCUT2D eigenvalue weighted by molar-refractivity contribution is 0.0691. The Hall–Kier alpha value is -1.63. The molecule has 0 spiro atoms. The van der Waals surface area contributed by atoms with E-state index in [9.17, 15) is 4.79 Å². The molecule has 2 heterocycles. The Morgan fingerprint density at radius 3 is 2.76 bits per heavy atom. The lowest BCUT2D eigenvalue weighted by Crippen LogP contribution is -2.04. The third kappa shape index (κ3) is 2.23. The lowest BCUT2D eigenvalue weighted by atomic mass is 10.3. The fourth-order valence-corrected chi connectivity index (χ4v) is 2.04. The number of carbonyl (C=O) groups is 1. The molecule has 6 nitrogen and oxygen atoms in total. The maximum atomic E-state index is 10.7. The quantitative estimate of drug-likeness (QED) is 0.930. The highest BCUT2D eigenvalue weighted by Gasteiger charge is 2.12. The Morgan fingerprint density at radius 2 is 2.29 bits per heavy atom. The average molecular weight is 299 g/mol. The van der Waals surface area contributed by atoms with Gasteiger partial charge in [0.15, 0.2) is 5.69 Å². The number of hydrogen-bond donors (Lipinski definition) is 1. The number of aromatic nitrogens is 4. The van der Waals surface area contributed by atoms with Crippen LogP contribution in [0.25, 0.3) is 0 Å². The third-order valence-electron chi connectivity index (χ3n) is 2.45. The molecule has 7 heteroatoms. The van der Waals surface area contributed by atoms with E-state index in [2.05, 4.69) is 26.0 Å². The van der Waals surface area contributed by atoms with Crippen LogP contribution in [0, 0.1) is 6.92 Å². The second-order valence-corrected chi connectivity index (χ2v) is 4.50. The van der Waals surface area contributed by atoms with E-state index in [-0.39, 0.29) is 5.69 Å². The summed E-state index contributed by atoms with van der Waals surface area (Å²) < 4.78 is 4.41. The molecule has 90 valence electrons. The number of aromatic carboxylic acids is 1. The molecule has 0 aromatic carbocycles. The highest BCUT2D eigenvalue weighted by Crippen LogP contribution is 2.21. The predicted molar refractivity (Wildman–Crippen MR) is 63.9 cm³/mol. The maximum absolute atomic E-state index is 10.7. The van der Waals surface area contributed by atoms with E-state index in [0.29, 0.717) is 6.54 Å². The number of halogens is 1. The number of nitrogens with zero attached hydrogens (tertiary/aromatic N) is 4. The Kier molecular flexibility index (Phi) is 3.01. The van der Waals surface area contributed by atoms with Gasteiger partial charge in [-0.3, -0.25) is 4.68 Å². The first kappa shape index (κ1) is 11.8. The van der Waals surface area contributed by atoms with Gasteiger partial charge in [-0.1, -0.05) is 0 Å². The van der Waals surface area contributed by atoms with Crippen molar-refractivity contribution in [3.63, 3.8) is 0 Å². The van der Waals surface area contributed by atoms with Gasteiger partial charge in [0.1, 0.15) is 0 Å². The van der Waals surface area contributed by atoms with Crippen LogP contribution in [-0.2, 0) is 13.6 Å².